The molecule has 0 aromatic rings. The van der Waals surface area contributed by atoms with Crippen molar-refractivity contribution in [3.63, 3.8) is 0 Å². The Morgan fingerprint density at radius 2 is 0.946 bits per heavy atom. The molecule has 1 fully saturated rings. The van der Waals surface area contributed by atoms with Gasteiger partial charge in [-0.15, -0.1) is 0 Å². The minimum absolute atomic E-state index is 0.221. The molecule has 0 aromatic carbocycles. The minimum atomic E-state index is -1.59. The summed E-state index contributed by atoms with van der Waals surface area (Å²) in [5, 5.41) is 40.1. The first-order valence-corrected chi connectivity index (χ1v) is 22.9. The number of carbonyl (C=O) groups is 2. The number of unbranched alkanes of at least 4 members (excludes halogenated alkanes) is 23. The van der Waals surface area contributed by atoms with E-state index in [4.69, 9.17) is 18.9 Å². The molecule has 1 rings (SSSR count). The fourth-order valence-corrected chi connectivity index (χ4v) is 6.88. The number of ether oxygens (including phenoxy) is 4. The average molecular weight is 797 g/mol. The Labute approximate surface area is 341 Å². The summed E-state index contributed by atoms with van der Waals surface area (Å²) in [4.78, 5) is 25.3. The van der Waals surface area contributed by atoms with Crippen LogP contribution in [0.25, 0.3) is 0 Å². The summed E-state index contributed by atoms with van der Waals surface area (Å²) in [7, 11) is 0. The molecule has 1 saturated heterocycles. The van der Waals surface area contributed by atoms with Crippen LogP contribution in [0.15, 0.2) is 24.3 Å². The predicted octanol–water partition coefficient (Wildman–Crippen LogP) is 9.72. The SMILES string of the molecule is CCCCCC/C=C\CCCCCCCC(=O)OCC(COC1OC(CO)C(O)C(O)C1O)OC(=O)CCCCCCCCC/C=C\CCCCCCCCC. The molecular weight excluding hydrogens is 712 g/mol. The van der Waals surface area contributed by atoms with Crippen LogP contribution in [-0.2, 0) is 28.5 Å². The van der Waals surface area contributed by atoms with Gasteiger partial charge in [-0.1, -0.05) is 147 Å². The monoisotopic (exact) mass is 797 g/mol. The van der Waals surface area contributed by atoms with E-state index in [2.05, 4.69) is 38.2 Å². The van der Waals surface area contributed by atoms with Crippen LogP contribution in [0, 0.1) is 0 Å². The van der Waals surface area contributed by atoms with E-state index in [9.17, 15) is 30.0 Å². The summed E-state index contributed by atoms with van der Waals surface area (Å²) in [6.45, 7) is 3.40. The zero-order valence-electron chi connectivity index (χ0n) is 35.6. The van der Waals surface area contributed by atoms with Crippen molar-refractivity contribution in [3.05, 3.63) is 24.3 Å². The number of aliphatic hydroxyl groups is 4. The largest absolute Gasteiger partial charge is 0.462 e. The Hall–Kier alpha value is -1.82. The Bertz CT molecular complexity index is 970. The Kier molecular flexibility index (Phi) is 34.9. The molecule has 4 N–H and O–H groups in total. The molecule has 10 nitrogen and oxygen atoms in total. The van der Waals surface area contributed by atoms with Gasteiger partial charge in [0.1, 0.15) is 31.0 Å². The molecule has 1 heterocycles. The number of carbonyl (C=O) groups excluding carboxylic acids is 2. The molecule has 0 amide bonds. The van der Waals surface area contributed by atoms with E-state index in [0.717, 1.165) is 57.8 Å². The highest BCUT2D eigenvalue weighted by Crippen LogP contribution is 2.23. The highest BCUT2D eigenvalue weighted by molar-refractivity contribution is 5.70. The van der Waals surface area contributed by atoms with Crippen molar-refractivity contribution in [2.24, 2.45) is 0 Å². The molecule has 10 heteroatoms. The number of hydrogen-bond donors (Lipinski definition) is 4. The van der Waals surface area contributed by atoms with Crippen molar-refractivity contribution in [3.8, 4) is 0 Å². The molecule has 0 aliphatic carbocycles. The number of rotatable bonds is 38. The van der Waals surface area contributed by atoms with E-state index < -0.39 is 49.4 Å². The van der Waals surface area contributed by atoms with Crippen LogP contribution >= 0.6 is 0 Å². The summed E-state index contributed by atoms with van der Waals surface area (Å²) in [5.41, 5.74) is 0. The van der Waals surface area contributed by atoms with Crippen LogP contribution < -0.4 is 0 Å². The minimum Gasteiger partial charge on any atom is -0.462 e. The van der Waals surface area contributed by atoms with Crippen molar-refractivity contribution in [1.82, 2.24) is 0 Å². The van der Waals surface area contributed by atoms with Crippen LogP contribution in [-0.4, -0.2) is 89.0 Å². The van der Waals surface area contributed by atoms with Crippen LogP contribution in [0.5, 0.6) is 0 Å². The molecular formula is C46H84O10. The van der Waals surface area contributed by atoms with E-state index in [1.165, 1.54) is 103 Å². The zero-order chi connectivity index (χ0) is 40.9. The van der Waals surface area contributed by atoms with Gasteiger partial charge in [-0.05, 0) is 64.2 Å². The van der Waals surface area contributed by atoms with Gasteiger partial charge in [0, 0.05) is 12.8 Å². The number of esters is 2. The topological polar surface area (TPSA) is 152 Å². The van der Waals surface area contributed by atoms with Gasteiger partial charge in [-0.25, -0.2) is 0 Å². The van der Waals surface area contributed by atoms with Crippen LogP contribution in [0.4, 0.5) is 0 Å². The standard InChI is InChI=1S/C46H84O10/c1-3-5-7-9-11-13-15-17-18-19-20-21-23-25-27-29-31-33-35-42(49)55-39(38-54-46-45(52)44(51)43(50)40(36-47)56-46)37-53-41(48)34-32-30-28-26-24-22-16-14-12-10-8-6-4-2/h14,16,18-19,39-40,43-47,50-52H,3-13,15,17,20-38H2,1-2H3/b16-14-,19-18-. The van der Waals surface area contributed by atoms with Crippen molar-refractivity contribution >= 4 is 11.9 Å². The van der Waals surface area contributed by atoms with E-state index in [0.29, 0.717) is 12.8 Å². The van der Waals surface area contributed by atoms with Crippen LogP contribution in [0.1, 0.15) is 200 Å². The van der Waals surface area contributed by atoms with Crippen molar-refractivity contribution in [2.45, 2.75) is 237 Å². The average Bonchev–Trinajstić information content (AvgIpc) is 3.19. The van der Waals surface area contributed by atoms with Gasteiger partial charge >= 0.3 is 11.9 Å². The lowest BCUT2D eigenvalue weighted by Gasteiger charge is -2.39. The fraction of sp³-hybridized carbons (Fsp3) is 0.870. The molecule has 1 aliphatic rings. The maximum absolute atomic E-state index is 12.8. The summed E-state index contributed by atoms with van der Waals surface area (Å²) in [6, 6.07) is 0. The van der Waals surface area contributed by atoms with Crippen LogP contribution in [0.3, 0.4) is 0 Å². The third kappa shape index (κ3) is 28.6. The van der Waals surface area contributed by atoms with Crippen molar-refractivity contribution in [2.75, 3.05) is 19.8 Å². The molecule has 1 aliphatic heterocycles. The second kappa shape index (κ2) is 37.5. The molecule has 56 heavy (non-hydrogen) atoms. The molecule has 0 spiro atoms. The maximum atomic E-state index is 12.8. The van der Waals surface area contributed by atoms with Gasteiger partial charge in [0.25, 0.3) is 0 Å². The lowest BCUT2D eigenvalue weighted by atomic mass is 9.99. The molecule has 0 saturated carbocycles. The van der Waals surface area contributed by atoms with E-state index >= 15 is 0 Å². The number of hydrogen-bond acceptors (Lipinski definition) is 10. The molecule has 6 atom stereocenters. The lowest BCUT2D eigenvalue weighted by molar-refractivity contribution is -0.305. The smallest absolute Gasteiger partial charge is 0.306 e. The first-order valence-electron chi connectivity index (χ1n) is 22.9. The Morgan fingerprint density at radius 3 is 1.41 bits per heavy atom. The van der Waals surface area contributed by atoms with Crippen molar-refractivity contribution < 1.29 is 49.0 Å². The number of aliphatic hydroxyl groups excluding tert-OH is 4. The van der Waals surface area contributed by atoms with E-state index in [1.807, 2.05) is 0 Å². The zero-order valence-corrected chi connectivity index (χ0v) is 35.6. The van der Waals surface area contributed by atoms with E-state index in [1.54, 1.807) is 0 Å². The third-order valence-corrected chi connectivity index (χ3v) is 10.6. The Morgan fingerprint density at radius 1 is 0.536 bits per heavy atom. The maximum Gasteiger partial charge on any atom is 0.306 e. The van der Waals surface area contributed by atoms with Crippen LogP contribution in [0.2, 0.25) is 0 Å². The van der Waals surface area contributed by atoms with Gasteiger partial charge in [-0.2, -0.15) is 0 Å². The summed E-state index contributed by atoms with van der Waals surface area (Å²) >= 11 is 0. The highest BCUT2D eigenvalue weighted by atomic mass is 16.7. The Balaban J connectivity index is 2.32. The van der Waals surface area contributed by atoms with Crippen molar-refractivity contribution in [1.29, 1.82) is 0 Å². The second-order valence-electron chi connectivity index (χ2n) is 15.8. The van der Waals surface area contributed by atoms with Gasteiger partial charge in [0.05, 0.1) is 13.2 Å². The third-order valence-electron chi connectivity index (χ3n) is 10.6. The molecule has 0 aromatic heterocycles. The van der Waals surface area contributed by atoms with E-state index in [-0.39, 0.29) is 32.0 Å². The summed E-state index contributed by atoms with van der Waals surface area (Å²) in [6.07, 6.45) is 33.2. The predicted molar refractivity (Wildman–Crippen MR) is 224 cm³/mol. The summed E-state index contributed by atoms with van der Waals surface area (Å²) < 4.78 is 22.1. The number of allylic oxidation sites excluding steroid dienone is 4. The molecule has 0 bridgehead atoms. The fourth-order valence-electron chi connectivity index (χ4n) is 6.88. The first-order chi connectivity index (χ1) is 27.3. The highest BCUT2D eigenvalue weighted by Gasteiger charge is 2.44. The quantitative estimate of drug-likeness (QED) is 0.0270. The van der Waals surface area contributed by atoms with Gasteiger partial charge in [0.2, 0.25) is 0 Å². The first kappa shape index (κ1) is 52.2. The van der Waals surface area contributed by atoms with Gasteiger partial charge in [0.15, 0.2) is 12.4 Å². The normalized spacial score (nSPS) is 20.6. The molecule has 6 unspecified atom stereocenters. The van der Waals surface area contributed by atoms with Gasteiger partial charge < -0.3 is 39.4 Å². The molecule has 0 radical (unpaired) electrons. The molecule has 328 valence electrons. The van der Waals surface area contributed by atoms with Gasteiger partial charge in [-0.3, -0.25) is 9.59 Å². The summed E-state index contributed by atoms with van der Waals surface area (Å²) in [5.74, 6) is -0.817. The second-order valence-corrected chi connectivity index (χ2v) is 15.8. The lowest BCUT2D eigenvalue weighted by Crippen LogP contribution is -2.59.